The third-order valence-electron chi connectivity index (χ3n) is 4.18. The van der Waals surface area contributed by atoms with E-state index in [-0.39, 0.29) is 24.2 Å². The molecule has 0 radical (unpaired) electrons. The predicted molar refractivity (Wildman–Crippen MR) is 92.4 cm³/mol. The molecule has 116 valence electrons. The van der Waals surface area contributed by atoms with E-state index in [9.17, 15) is 4.79 Å². The molecule has 0 saturated carbocycles. The fourth-order valence-electron chi connectivity index (χ4n) is 3.07. The minimum absolute atomic E-state index is 0. The molecule has 0 atom stereocenters. The van der Waals surface area contributed by atoms with Gasteiger partial charge in [-0.05, 0) is 30.4 Å². The zero-order valence-electron chi connectivity index (χ0n) is 12.7. The maximum Gasteiger partial charge on any atom is 0.234 e. The van der Waals surface area contributed by atoms with Gasteiger partial charge in [0.15, 0.2) is 0 Å². The minimum Gasteiger partial charge on any atom is -0.342 e. The van der Waals surface area contributed by atoms with Crippen molar-refractivity contribution < 1.29 is 4.79 Å². The summed E-state index contributed by atoms with van der Waals surface area (Å²) < 4.78 is 0. The van der Waals surface area contributed by atoms with Crippen LogP contribution >= 0.6 is 12.4 Å². The number of amides is 1. The second-order valence-electron chi connectivity index (χ2n) is 5.64. The largest absolute Gasteiger partial charge is 0.342 e. The fraction of sp³-hybridized carbons (Fsp3) is 0.316. The summed E-state index contributed by atoms with van der Waals surface area (Å²) in [5.74, 6) is 0.0672. The van der Waals surface area contributed by atoms with Gasteiger partial charge in [-0.25, -0.2) is 0 Å². The molecule has 3 rings (SSSR count). The van der Waals surface area contributed by atoms with Crippen molar-refractivity contribution in [2.24, 2.45) is 0 Å². The Morgan fingerprint density at radius 1 is 0.773 bits per heavy atom. The van der Waals surface area contributed by atoms with Gasteiger partial charge in [-0.2, -0.15) is 0 Å². The Labute approximate surface area is 138 Å². The number of likely N-dealkylation sites (tertiary alicyclic amines) is 1. The zero-order chi connectivity index (χ0) is 14.5. The van der Waals surface area contributed by atoms with Crippen LogP contribution in [0.5, 0.6) is 0 Å². The summed E-state index contributed by atoms with van der Waals surface area (Å²) in [5.41, 5.74) is 2.17. The Bertz CT molecular complexity index is 539. The van der Waals surface area contributed by atoms with E-state index in [1.807, 2.05) is 41.3 Å². The number of halogens is 1. The molecule has 2 aromatic carbocycles. The molecule has 1 saturated heterocycles. The van der Waals surface area contributed by atoms with E-state index in [0.717, 1.165) is 37.1 Å². The molecule has 1 fully saturated rings. The van der Waals surface area contributed by atoms with Crippen LogP contribution in [-0.2, 0) is 4.79 Å². The van der Waals surface area contributed by atoms with Gasteiger partial charge < -0.3 is 4.90 Å². The van der Waals surface area contributed by atoms with Crippen LogP contribution < -0.4 is 0 Å². The summed E-state index contributed by atoms with van der Waals surface area (Å²) >= 11 is 0. The van der Waals surface area contributed by atoms with Crippen LogP contribution in [-0.4, -0.2) is 23.9 Å². The molecule has 0 spiro atoms. The fourth-order valence-corrected chi connectivity index (χ4v) is 3.07. The van der Waals surface area contributed by atoms with Crippen molar-refractivity contribution in [3.05, 3.63) is 71.8 Å². The van der Waals surface area contributed by atoms with Gasteiger partial charge in [0.1, 0.15) is 0 Å². The van der Waals surface area contributed by atoms with Crippen molar-refractivity contribution in [1.82, 2.24) is 4.90 Å². The highest BCUT2D eigenvalue weighted by atomic mass is 35.5. The molecule has 1 amide bonds. The molecule has 0 bridgehead atoms. The van der Waals surface area contributed by atoms with Crippen molar-refractivity contribution in [2.75, 3.05) is 13.1 Å². The van der Waals surface area contributed by atoms with Crippen molar-refractivity contribution in [3.8, 4) is 0 Å². The summed E-state index contributed by atoms with van der Waals surface area (Å²) in [6, 6.07) is 20.2. The number of nitrogens with zero attached hydrogens (tertiary/aromatic N) is 1. The van der Waals surface area contributed by atoms with Crippen LogP contribution in [0.3, 0.4) is 0 Å². The molecule has 1 aliphatic rings. The Kier molecular flexibility index (Phi) is 6.02. The molecule has 22 heavy (non-hydrogen) atoms. The standard InChI is InChI=1S/C19H21NO.ClH/c21-19(20-14-8-3-9-15-20)18(16-10-4-1-5-11-16)17-12-6-2-7-13-17;/h1-2,4-7,10-13,18H,3,8-9,14-15H2;1H. The highest BCUT2D eigenvalue weighted by molar-refractivity contribution is 5.87. The normalized spacial score (nSPS) is 14.5. The lowest BCUT2D eigenvalue weighted by Gasteiger charge is -2.31. The van der Waals surface area contributed by atoms with E-state index < -0.39 is 0 Å². The van der Waals surface area contributed by atoms with Crippen molar-refractivity contribution in [3.63, 3.8) is 0 Å². The first-order valence-electron chi connectivity index (χ1n) is 7.75. The van der Waals surface area contributed by atoms with Crippen molar-refractivity contribution >= 4 is 18.3 Å². The van der Waals surface area contributed by atoms with Gasteiger partial charge in [0.25, 0.3) is 0 Å². The summed E-state index contributed by atoms with van der Waals surface area (Å²) in [4.78, 5) is 15.1. The van der Waals surface area contributed by atoms with Crippen LogP contribution in [0.25, 0.3) is 0 Å². The van der Waals surface area contributed by atoms with Gasteiger partial charge in [-0.3, -0.25) is 4.79 Å². The Balaban J connectivity index is 0.00000176. The Morgan fingerprint density at radius 2 is 1.23 bits per heavy atom. The molecule has 1 aliphatic heterocycles. The number of hydrogen-bond acceptors (Lipinski definition) is 1. The third kappa shape index (κ3) is 3.69. The molecule has 1 heterocycles. The first kappa shape index (κ1) is 16.6. The quantitative estimate of drug-likeness (QED) is 0.829. The van der Waals surface area contributed by atoms with Crippen LogP contribution in [0, 0.1) is 0 Å². The number of piperidine rings is 1. The molecule has 0 N–H and O–H groups in total. The Morgan fingerprint density at radius 3 is 1.68 bits per heavy atom. The predicted octanol–water partition coefficient (Wildman–Crippen LogP) is 4.25. The lowest BCUT2D eigenvalue weighted by Crippen LogP contribution is -2.39. The Hall–Kier alpha value is -1.80. The van der Waals surface area contributed by atoms with Gasteiger partial charge in [0, 0.05) is 13.1 Å². The number of carbonyl (C=O) groups excluding carboxylic acids is 1. The van der Waals surface area contributed by atoms with Crippen LogP contribution in [0.2, 0.25) is 0 Å². The van der Waals surface area contributed by atoms with E-state index in [0.29, 0.717) is 0 Å². The van der Waals surface area contributed by atoms with E-state index in [1.54, 1.807) is 0 Å². The number of benzene rings is 2. The molecule has 2 aromatic rings. The highest BCUT2D eigenvalue weighted by Crippen LogP contribution is 2.28. The molecule has 0 unspecified atom stereocenters. The van der Waals surface area contributed by atoms with Crippen LogP contribution in [0.15, 0.2) is 60.7 Å². The smallest absolute Gasteiger partial charge is 0.234 e. The van der Waals surface area contributed by atoms with Gasteiger partial charge >= 0.3 is 0 Å². The molecule has 2 nitrogen and oxygen atoms in total. The van der Waals surface area contributed by atoms with Gasteiger partial charge in [0.05, 0.1) is 5.92 Å². The van der Waals surface area contributed by atoms with Gasteiger partial charge in [-0.15, -0.1) is 12.4 Å². The van der Waals surface area contributed by atoms with Crippen molar-refractivity contribution in [1.29, 1.82) is 0 Å². The van der Waals surface area contributed by atoms with E-state index in [2.05, 4.69) is 24.3 Å². The summed E-state index contributed by atoms with van der Waals surface area (Å²) in [7, 11) is 0. The van der Waals surface area contributed by atoms with Crippen LogP contribution in [0.1, 0.15) is 36.3 Å². The van der Waals surface area contributed by atoms with Crippen molar-refractivity contribution in [2.45, 2.75) is 25.2 Å². The second kappa shape index (κ2) is 8.00. The zero-order valence-corrected chi connectivity index (χ0v) is 13.5. The highest BCUT2D eigenvalue weighted by Gasteiger charge is 2.27. The number of rotatable bonds is 3. The summed E-state index contributed by atoms with van der Waals surface area (Å²) in [6.07, 6.45) is 3.50. The maximum atomic E-state index is 13.0. The summed E-state index contributed by atoms with van der Waals surface area (Å²) in [6.45, 7) is 1.80. The molecule has 0 aliphatic carbocycles. The van der Waals surface area contributed by atoms with Gasteiger partial charge in [-0.1, -0.05) is 60.7 Å². The average Bonchev–Trinajstić information content (AvgIpc) is 2.58. The first-order chi connectivity index (χ1) is 10.4. The monoisotopic (exact) mass is 315 g/mol. The molecule has 0 aromatic heterocycles. The minimum atomic E-state index is -0.175. The average molecular weight is 316 g/mol. The summed E-state index contributed by atoms with van der Waals surface area (Å²) in [5, 5.41) is 0. The molecular formula is C19H22ClNO. The molecular weight excluding hydrogens is 294 g/mol. The number of hydrogen-bond donors (Lipinski definition) is 0. The topological polar surface area (TPSA) is 20.3 Å². The lowest BCUT2D eigenvalue weighted by atomic mass is 9.89. The van der Waals surface area contributed by atoms with E-state index in [4.69, 9.17) is 0 Å². The van der Waals surface area contributed by atoms with E-state index in [1.165, 1.54) is 6.42 Å². The first-order valence-corrected chi connectivity index (χ1v) is 7.75. The van der Waals surface area contributed by atoms with E-state index >= 15 is 0 Å². The number of carbonyl (C=O) groups is 1. The third-order valence-corrected chi connectivity index (χ3v) is 4.18. The second-order valence-corrected chi connectivity index (χ2v) is 5.64. The van der Waals surface area contributed by atoms with Crippen LogP contribution in [0.4, 0.5) is 0 Å². The lowest BCUT2D eigenvalue weighted by molar-refractivity contribution is -0.132. The van der Waals surface area contributed by atoms with Gasteiger partial charge in [0.2, 0.25) is 5.91 Å². The molecule has 3 heteroatoms. The SMILES string of the molecule is Cl.O=C(C(c1ccccc1)c1ccccc1)N1CCCCC1. The maximum absolute atomic E-state index is 13.0.